The molecule has 0 atom stereocenters. The minimum Gasteiger partial charge on any atom is -0.257 e. The largest absolute Gasteiger partial charge is 0.257 e. The summed E-state index contributed by atoms with van der Waals surface area (Å²) >= 11 is 0. The summed E-state index contributed by atoms with van der Waals surface area (Å²) in [5, 5.41) is 11.9. The van der Waals surface area contributed by atoms with E-state index in [9.17, 15) is 8.42 Å². The van der Waals surface area contributed by atoms with Gasteiger partial charge in [0.1, 0.15) is 6.33 Å². The molecule has 9 heteroatoms. The monoisotopic (exact) mass is 214 g/mol. The predicted molar refractivity (Wildman–Crippen MR) is 44.9 cm³/mol. The molecule has 0 spiro atoms. The first-order valence-electron chi connectivity index (χ1n) is 3.55. The molecule has 74 valence electrons. The molecule has 0 aliphatic heterocycles. The maximum absolute atomic E-state index is 11.0. The normalized spacial score (nSPS) is 11.8. The van der Waals surface area contributed by atoms with Crippen LogP contribution < -0.4 is 0 Å². The van der Waals surface area contributed by atoms with Gasteiger partial charge in [0, 0.05) is 6.26 Å². The molecule has 2 N–H and O–H groups in total. The van der Waals surface area contributed by atoms with Gasteiger partial charge in [-0.3, -0.25) is 5.10 Å². The molecule has 0 aliphatic carbocycles. The minimum absolute atomic E-state index is 0.169. The molecule has 2 heterocycles. The van der Waals surface area contributed by atoms with Crippen LogP contribution in [0.3, 0.4) is 0 Å². The molecule has 0 radical (unpaired) electrons. The molecule has 14 heavy (non-hydrogen) atoms. The molecule has 0 amide bonds. The highest BCUT2D eigenvalue weighted by molar-refractivity contribution is 7.90. The van der Waals surface area contributed by atoms with Gasteiger partial charge in [-0.05, 0) is 0 Å². The molecule has 0 saturated heterocycles. The first-order valence-corrected chi connectivity index (χ1v) is 5.45. The average Bonchev–Trinajstić information content (AvgIpc) is 2.73. The fourth-order valence-corrected chi connectivity index (χ4v) is 1.30. The van der Waals surface area contributed by atoms with Gasteiger partial charge < -0.3 is 0 Å². The summed E-state index contributed by atoms with van der Waals surface area (Å²) in [6.07, 6.45) is 2.32. The van der Waals surface area contributed by atoms with E-state index in [1.165, 1.54) is 6.33 Å². The number of nitrogens with one attached hydrogen (secondary N) is 2. The number of aromatic nitrogens is 6. The SMILES string of the molecule is CS(=O)(=O)c1nc(-c2ncn[nH]2)n[nH]1. The Kier molecular flexibility index (Phi) is 1.81. The van der Waals surface area contributed by atoms with Crippen LogP contribution in [0, 0.1) is 0 Å². The zero-order valence-corrected chi connectivity index (χ0v) is 7.91. The highest BCUT2D eigenvalue weighted by Crippen LogP contribution is 2.08. The number of rotatable bonds is 2. The van der Waals surface area contributed by atoms with E-state index in [4.69, 9.17) is 0 Å². The van der Waals surface area contributed by atoms with Crippen LogP contribution in [0.1, 0.15) is 0 Å². The highest BCUT2D eigenvalue weighted by atomic mass is 32.2. The third kappa shape index (κ3) is 1.48. The second-order valence-corrected chi connectivity index (χ2v) is 4.50. The molecule has 0 aromatic carbocycles. The highest BCUT2D eigenvalue weighted by Gasteiger charge is 2.15. The lowest BCUT2D eigenvalue weighted by Gasteiger charge is -1.86. The Morgan fingerprint density at radius 1 is 1.36 bits per heavy atom. The second kappa shape index (κ2) is 2.87. The van der Waals surface area contributed by atoms with Crippen LogP contribution in [0.4, 0.5) is 0 Å². The van der Waals surface area contributed by atoms with E-state index < -0.39 is 9.84 Å². The van der Waals surface area contributed by atoms with Crippen molar-refractivity contribution in [2.45, 2.75) is 5.16 Å². The smallest absolute Gasteiger partial charge is 0.243 e. The molecule has 0 unspecified atom stereocenters. The quantitative estimate of drug-likeness (QED) is 0.661. The predicted octanol–water partition coefficient (Wildman–Crippen LogP) is -1.01. The number of hydrogen-bond donors (Lipinski definition) is 2. The number of nitrogens with zero attached hydrogens (tertiary/aromatic N) is 4. The summed E-state index contributed by atoms with van der Waals surface area (Å²) in [7, 11) is -3.36. The van der Waals surface area contributed by atoms with Gasteiger partial charge in [0.25, 0.3) is 0 Å². The van der Waals surface area contributed by atoms with Crippen molar-refractivity contribution in [1.82, 2.24) is 30.4 Å². The zero-order chi connectivity index (χ0) is 10.2. The van der Waals surface area contributed by atoms with Crippen molar-refractivity contribution in [2.24, 2.45) is 0 Å². The molecule has 2 aromatic rings. The van der Waals surface area contributed by atoms with Crippen LogP contribution in [0.15, 0.2) is 11.5 Å². The summed E-state index contributed by atoms with van der Waals surface area (Å²) in [4.78, 5) is 7.51. The molecule has 0 aliphatic rings. The topological polar surface area (TPSA) is 117 Å². The molecule has 2 rings (SSSR count). The van der Waals surface area contributed by atoms with Gasteiger partial charge >= 0.3 is 0 Å². The Hall–Kier alpha value is -1.77. The summed E-state index contributed by atoms with van der Waals surface area (Å²) in [6, 6.07) is 0. The van der Waals surface area contributed by atoms with Crippen LogP contribution >= 0.6 is 0 Å². The van der Waals surface area contributed by atoms with Crippen LogP contribution in [0.5, 0.6) is 0 Å². The number of hydrogen-bond acceptors (Lipinski definition) is 6. The Bertz CT molecular complexity index is 526. The van der Waals surface area contributed by atoms with Gasteiger partial charge in [0.05, 0.1) is 0 Å². The van der Waals surface area contributed by atoms with Crippen molar-refractivity contribution in [1.29, 1.82) is 0 Å². The van der Waals surface area contributed by atoms with Gasteiger partial charge in [-0.1, -0.05) is 0 Å². The molecule has 0 saturated carbocycles. The van der Waals surface area contributed by atoms with Gasteiger partial charge in [0.2, 0.25) is 20.8 Å². The van der Waals surface area contributed by atoms with Crippen molar-refractivity contribution >= 4 is 9.84 Å². The van der Waals surface area contributed by atoms with E-state index in [-0.39, 0.29) is 11.0 Å². The summed E-state index contributed by atoms with van der Waals surface area (Å²) in [6.45, 7) is 0. The molecule has 2 aromatic heterocycles. The lowest BCUT2D eigenvalue weighted by atomic mass is 10.6. The molecular formula is C5H6N6O2S. The van der Waals surface area contributed by atoms with Gasteiger partial charge in [0.15, 0.2) is 5.82 Å². The summed E-state index contributed by atoms with van der Waals surface area (Å²) in [5.74, 6) is 0.485. The Morgan fingerprint density at radius 2 is 2.14 bits per heavy atom. The van der Waals surface area contributed by atoms with Crippen LogP contribution in [0.2, 0.25) is 0 Å². The van der Waals surface area contributed by atoms with E-state index in [0.717, 1.165) is 6.26 Å². The third-order valence-electron chi connectivity index (χ3n) is 1.44. The average molecular weight is 214 g/mol. The standard InChI is InChI=1S/C5H6N6O2S/c1-14(12,13)5-8-4(10-11-5)3-6-2-7-9-3/h2H,1H3,(H,6,7,9)(H,8,10,11). The Balaban J connectivity index is 2.46. The van der Waals surface area contributed by atoms with Gasteiger partial charge in [-0.2, -0.15) is 10.1 Å². The number of aromatic amines is 2. The van der Waals surface area contributed by atoms with E-state index >= 15 is 0 Å². The van der Waals surface area contributed by atoms with Crippen LogP contribution in [0.25, 0.3) is 11.6 Å². The van der Waals surface area contributed by atoms with Crippen molar-refractivity contribution in [3.8, 4) is 11.6 Å². The lowest BCUT2D eigenvalue weighted by Crippen LogP contribution is -1.99. The Labute approximate surface area is 78.7 Å². The number of sulfone groups is 1. The van der Waals surface area contributed by atoms with Crippen molar-refractivity contribution < 1.29 is 8.42 Å². The van der Waals surface area contributed by atoms with Crippen molar-refractivity contribution in [3.05, 3.63) is 6.33 Å². The first-order chi connectivity index (χ1) is 6.57. The van der Waals surface area contributed by atoms with Gasteiger partial charge in [-0.15, -0.1) is 5.10 Å². The summed E-state index contributed by atoms with van der Waals surface area (Å²) < 4.78 is 22.1. The fraction of sp³-hybridized carbons (Fsp3) is 0.200. The van der Waals surface area contributed by atoms with Crippen LogP contribution in [-0.2, 0) is 9.84 Å². The molecule has 8 nitrogen and oxygen atoms in total. The van der Waals surface area contributed by atoms with Crippen LogP contribution in [-0.4, -0.2) is 45.0 Å². The van der Waals surface area contributed by atoms with Gasteiger partial charge in [-0.25, -0.2) is 18.5 Å². The van der Waals surface area contributed by atoms with E-state index in [1.54, 1.807) is 0 Å². The maximum Gasteiger partial charge on any atom is 0.243 e. The molecule has 0 bridgehead atoms. The Morgan fingerprint density at radius 3 is 2.64 bits per heavy atom. The van der Waals surface area contributed by atoms with E-state index in [1.807, 2.05) is 0 Å². The summed E-state index contributed by atoms with van der Waals surface area (Å²) in [5.41, 5.74) is 0. The maximum atomic E-state index is 11.0. The minimum atomic E-state index is -3.36. The van der Waals surface area contributed by atoms with E-state index in [2.05, 4.69) is 30.4 Å². The second-order valence-electron chi connectivity index (χ2n) is 2.57. The fourth-order valence-electron chi connectivity index (χ4n) is 0.832. The molecule has 0 fully saturated rings. The first kappa shape index (κ1) is 8.81. The molecular weight excluding hydrogens is 208 g/mol. The third-order valence-corrected chi connectivity index (χ3v) is 2.33. The zero-order valence-electron chi connectivity index (χ0n) is 7.09. The van der Waals surface area contributed by atoms with Crippen molar-refractivity contribution in [2.75, 3.05) is 6.26 Å². The number of H-pyrrole nitrogens is 2. The van der Waals surface area contributed by atoms with E-state index in [0.29, 0.717) is 5.82 Å². The van der Waals surface area contributed by atoms with Crippen molar-refractivity contribution in [3.63, 3.8) is 0 Å². The lowest BCUT2D eigenvalue weighted by molar-refractivity contribution is 0.594.